The van der Waals surface area contributed by atoms with Crippen LogP contribution in [0.5, 0.6) is 11.5 Å². The molecule has 3 aromatic carbocycles. The summed E-state index contributed by atoms with van der Waals surface area (Å²) < 4.78 is 13.5. The smallest absolute Gasteiger partial charge is 0.282 e. The summed E-state index contributed by atoms with van der Waals surface area (Å²) in [6.45, 7) is 1.87. The normalized spacial score (nSPS) is 13.9. The first-order valence-electron chi connectivity index (χ1n) is 13.7. The number of halogens is 3. The maximum absolute atomic E-state index is 13.6. The molecule has 0 aliphatic heterocycles. The molecule has 0 spiro atoms. The number of carbonyl (C=O) groups is 1. The Labute approximate surface area is 261 Å². The average molecular weight is 672 g/mol. The van der Waals surface area contributed by atoms with Crippen LogP contribution in [0.15, 0.2) is 69.0 Å². The third-order valence-electron chi connectivity index (χ3n) is 6.99. The van der Waals surface area contributed by atoms with Gasteiger partial charge in [0.2, 0.25) is 0 Å². The molecule has 0 unspecified atom stereocenters. The fourth-order valence-electron chi connectivity index (χ4n) is 4.96. The predicted molar refractivity (Wildman–Crippen MR) is 171 cm³/mol. The van der Waals surface area contributed by atoms with Crippen molar-refractivity contribution in [3.05, 3.63) is 90.9 Å². The summed E-state index contributed by atoms with van der Waals surface area (Å²) in [5.41, 5.74) is 1.59. The number of rotatable bonds is 9. The van der Waals surface area contributed by atoms with Gasteiger partial charge in [-0.3, -0.25) is 9.59 Å². The number of ether oxygens (including phenoxy) is 2. The molecule has 11 heteroatoms. The molecule has 8 nitrogen and oxygen atoms in total. The Kier molecular flexibility index (Phi) is 9.82. The molecule has 0 bridgehead atoms. The number of anilines is 1. The molecule has 1 aromatic heterocycles. The van der Waals surface area contributed by atoms with Gasteiger partial charge in [-0.15, -0.1) is 0 Å². The summed E-state index contributed by atoms with van der Waals surface area (Å²) in [6, 6.07) is 15.8. The minimum Gasteiger partial charge on any atom is -0.490 e. The van der Waals surface area contributed by atoms with E-state index < -0.39 is 0 Å². The Morgan fingerprint density at radius 2 is 1.86 bits per heavy atom. The van der Waals surface area contributed by atoms with E-state index in [1.54, 1.807) is 42.6 Å². The highest BCUT2D eigenvalue weighted by Gasteiger charge is 2.23. The van der Waals surface area contributed by atoms with E-state index in [0.29, 0.717) is 49.8 Å². The third-order valence-corrected chi connectivity index (χ3v) is 8.69. The average Bonchev–Trinajstić information content (AvgIpc) is 3.00. The lowest BCUT2D eigenvalue weighted by atomic mass is 9.88. The number of nitrogens with one attached hydrogen (secondary N) is 1. The van der Waals surface area contributed by atoms with Gasteiger partial charge in [0.15, 0.2) is 18.1 Å². The molecule has 218 valence electrons. The van der Waals surface area contributed by atoms with Gasteiger partial charge in [0.1, 0.15) is 10.8 Å². The van der Waals surface area contributed by atoms with Crippen LogP contribution in [-0.2, 0) is 4.79 Å². The second-order valence-corrected chi connectivity index (χ2v) is 11.5. The third kappa shape index (κ3) is 6.80. The number of hydrogen-bond donors (Lipinski definition) is 1. The summed E-state index contributed by atoms with van der Waals surface area (Å²) in [5.74, 6) is 0.975. The zero-order valence-electron chi connectivity index (χ0n) is 22.9. The fourth-order valence-corrected chi connectivity index (χ4v) is 5.74. The van der Waals surface area contributed by atoms with Gasteiger partial charge in [-0.25, -0.2) is 4.98 Å². The fraction of sp³-hybridized carbons (Fsp3) is 0.290. The predicted octanol–water partition coefficient (Wildman–Crippen LogP) is 7.81. The number of carbonyl (C=O) groups excluding carboxylic acids is 1. The van der Waals surface area contributed by atoms with Crippen molar-refractivity contribution >= 4 is 67.8 Å². The van der Waals surface area contributed by atoms with E-state index >= 15 is 0 Å². The van der Waals surface area contributed by atoms with Crippen molar-refractivity contribution in [3.8, 4) is 11.5 Å². The van der Waals surface area contributed by atoms with Crippen molar-refractivity contribution in [1.82, 2.24) is 9.66 Å². The number of nitrogens with zero attached hydrogens (tertiary/aromatic N) is 3. The van der Waals surface area contributed by atoms with Gasteiger partial charge < -0.3 is 14.8 Å². The monoisotopic (exact) mass is 670 g/mol. The van der Waals surface area contributed by atoms with Crippen molar-refractivity contribution in [3.63, 3.8) is 0 Å². The molecule has 0 atom stereocenters. The van der Waals surface area contributed by atoms with Crippen LogP contribution in [0.3, 0.4) is 0 Å². The van der Waals surface area contributed by atoms with Gasteiger partial charge in [-0.05, 0) is 78.2 Å². The molecule has 4 aromatic rings. The molecule has 0 radical (unpaired) electrons. The van der Waals surface area contributed by atoms with Crippen LogP contribution in [0.2, 0.25) is 10.0 Å². The number of benzene rings is 3. The van der Waals surface area contributed by atoms with Gasteiger partial charge in [-0.2, -0.15) is 9.78 Å². The Bertz CT molecular complexity index is 1690. The number of para-hydroxylation sites is 1. The molecule has 42 heavy (non-hydrogen) atoms. The van der Waals surface area contributed by atoms with Gasteiger partial charge in [0.25, 0.3) is 11.5 Å². The zero-order valence-corrected chi connectivity index (χ0v) is 26.0. The van der Waals surface area contributed by atoms with Gasteiger partial charge in [0.05, 0.1) is 23.7 Å². The second-order valence-electron chi connectivity index (χ2n) is 9.88. The number of amides is 1. The Hall–Kier alpha value is -3.40. The largest absolute Gasteiger partial charge is 0.490 e. The summed E-state index contributed by atoms with van der Waals surface area (Å²) in [5, 5.41) is 8.64. The second kappa shape index (κ2) is 13.7. The van der Waals surface area contributed by atoms with Crippen molar-refractivity contribution in [2.75, 3.05) is 18.5 Å². The minimum absolute atomic E-state index is 0.147. The topological polar surface area (TPSA) is 94.8 Å². The molecule has 1 saturated carbocycles. The quantitative estimate of drug-likeness (QED) is 0.183. The standard InChI is InChI=1S/C31H29BrCl2N4O4/c1-2-41-25-16-20(27(32)28(34)29(25)42-18-26(39)36-22-14-12-21(33)13-15-22)17-35-38-30(19-8-4-3-5-9-19)37-24-11-7-6-10-23(24)31(38)40/h6-7,10-17,19H,2-5,8-9,18H2,1H3,(H,36,39). The number of fused-ring (bicyclic) bond motifs is 1. The van der Waals surface area contributed by atoms with Crippen molar-refractivity contribution in [1.29, 1.82) is 0 Å². The highest BCUT2D eigenvalue weighted by atomic mass is 79.9. The van der Waals surface area contributed by atoms with E-state index in [4.69, 9.17) is 37.7 Å². The molecule has 5 rings (SSSR count). The van der Waals surface area contributed by atoms with Gasteiger partial charge in [-0.1, -0.05) is 54.6 Å². The highest BCUT2D eigenvalue weighted by Crippen LogP contribution is 2.42. The first-order chi connectivity index (χ1) is 20.4. The van der Waals surface area contributed by atoms with E-state index in [0.717, 1.165) is 25.7 Å². The molecular formula is C31H29BrCl2N4O4. The van der Waals surface area contributed by atoms with Crippen LogP contribution in [-0.4, -0.2) is 35.0 Å². The maximum Gasteiger partial charge on any atom is 0.282 e. The van der Waals surface area contributed by atoms with Crippen molar-refractivity contribution in [2.45, 2.75) is 44.9 Å². The highest BCUT2D eigenvalue weighted by molar-refractivity contribution is 9.10. The molecule has 1 amide bonds. The van der Waals surface area contributed by atoms with E-state index in [1.807, 2.05) is 25.1 Å². The molecule has 1 fully saturated rings. The van der Waals surface area contributed by atoms with E-state index in [-0.39, 0.29) is 34.8 Å². The van der Waals surface area contributed by atoms with Crippen LogP contribution in [0.25, 0.3) is 10.9 Å². The van der Waals surface area contributed by atoms with Crippen LogP contribution < -0.4 is 20.3 Å². The Morgan fingerprint density at radius 3 is 2.60 bits per heavy atom. The molecule has 1 N–H and O–H groups in total. The molecule has 1 heterocycles. The molecule has 1 aliphatic carbocycles. The van der Waals surface area contributed by atoms with Crippen LogP contribution >= 0.6 is 39.1 Å². The Morgan fingerprint density at radius 1 is 1.12 bits per heavy atom. The lowest BCUT2D eigenvalue weighted by molar-refractivity contribution is -0.118. The zero-order chi connectivity index (χ0) is 29.6. The molecule has 0 saturated heterocycles. The number of aromatic nitrogens is 2. The summed E-state index contributed by atoms with van der Waals surface area (Å²) in [4.78, 5) is 31.0. The van der Waals surface area contributed by atoms with Crippen molar-refractivity contribution in [2.24, 2.45) is 5.10 Å². The van der Waals surface area contributed by atoms with E-state index in [2.05, 4.69) is 26.3 Å². The summed E-state index contributed by atoms with van der Waals surface area (Å²) in [7, 11) is 0. The SMILES string of the molecule is CCOc1cc(C=Nn2c(C3CCCCC3)nc3ccccc3c2=O)c(Br)c(Cl)c1OCC(=O)Nc1ccc(Cl)cc1. The summed E-state index contributed by atoms with van der Waals surface area (Å²) in [6.07, 6.45) is 6.84. The van der Waals surface area contributed by atoms with Crippen molar-refractivity contribution < 1.29 is 14.3 Å². The molecular weight excluding hydrogens is 643 g/mol. The molecule has 1 aliphatic rings. The first kappa shape index (κ1) is 30.1. The van der Waals surface area contributed by atoms with Crippen LogP contribution in [0.4, 0.5) is 5.69 Å². The summed E-state index contributed by atoms with van der Waals surface area (Å²) >= 11 is 16.2. The lowest BCUT2D eigenvalue weighted by Crippen LogP contribution is -2.25. The minimum atomic E-state index is -0.379. The Balaban J connectivity index is 1.45. The van der Waals surface area contributed by atoms with Crippen LogP contribution in [0.1, 0.15) is 56.3 Å². The van der Waals surface area contributed by atoms with Gasteiger partial charge >= 0.3 is 0 Å². The van der Waals surface area contributed by atoms with E-state index in [1.165, 1.54) is 11.1 Å². The van der Waals surface area contributed by atoms with Gasteiger partial charge in [0, 0.05) is 26.7 Å². The van der Waals surface area contributed by atoms with E-state index in [9.17, 15) is 9.59 Å². The number of hydrogen-bond acceptors (Lipinski definition) is 6. The lowest BCUT2D eigenvalue weighted by Gasteiger charge is -2.22. The first-order valence-corrected chi connectivity index (χ1v) is 15.3. The van der Waals surface area contributed by atoms with Crippen LogP contribution in [0, 0.1) is 0 Å². The maximum atomic E-state index is 13.6.